The molecule has 1 saturated carbocycles. The predicted octanol–water partition coefficient (Wildman–Crippen LogP) is 0.951. The molecule has 1 aromatic rings. The zero-order valence-electron chi connectivity index (χ0n) is 13.3. The van der Waals surface area contributed by atoms with Crippen molar-refractivity contribution >= 4 is 5.91 Å². The molecule has 1 aliphatic heterocycles. The van der Waals surface area contributed by atoms with Gasteiger partial charge in [-0.25, -0.2) is 0 Å². The van der Waals surface area contributed by atoms with Crippen molar-refractivity contribution in [3.8, 4) is 0 Å². The quantitative estimate of drug-likeness (QED) is 0.823. The molecule has 1 N–H and O–H groups in total. The van der Waals surface area contributed by atoms with E-state index in [9.17, 15) is 4.79 Å². The molecule has 2 heterocycles. The Kier molecular flexibility index (Phi) is 5.10. The summed E-state index contributed by atoms with van der Waals surface area (Å²) in [6.07, 6.45) is 8.74. The summed E-state index contributed by atoms with van der Waals surface area (Å²) in [5.74, 6) is 0.205. The van der Waals surface area contributed by atoms with Gasteiger partial charge in [-0.2, -0.15) is 5.10 Å². The van der Waals surface area contributed by atoms with E-state index in [-0.39, 0.29) is 12.0 Å². The first-order chi connectivity index (χ1) is 10.7. The summed E-state index contributed by atoms with van der Waals surface area (Å²) in [5.41, 5.74) is 1.16. The molecule has 3 rings (SSSR count). The first kappa shape index (κ1) is 15.5. The Morgan fingerprint density at radius 1 is 1.45 bits per heavy atom. The number of fused-ring (bicyclic) bond motifs is 1. The maximum atomic E-state index is 12.5. The summed E-state index contributed by atoms with van der Waals surface area (Å²) in [6.45, 7) is 5.39. The van der Waals surface area contributed by atoms with Crippen LogP contribution in [0.1, 0.15) is 31.2 Å². The van der Waals surface area contributed by atoms with Crippen molar-refractivity contribution in [1.29, 1.82) is 0 Å². The van der Waals surface area contributed by atoms with Crippen LogP contribution in [0.3, 0.4) is 0 Å². The highest BCUT2D eigenvalue weighted by molar-refractivity contribution is 5.78. The van der Waals surface area contributed by atoms with Gasteiger partial charge < -0.3 is 15.0 Å². The third kappa shape index (κ3) is 3.67. The normalized spacial score (nSPS) is 25.0. The topological polar surface area (TPSA) is 59.4 Å². The van der Waals surface area contributed by atoms with E-state index in [1.54, 1.807) is 0 Å². The Hall–Kier alpha value is -1.40. The number of aryl methyl sites for hydroxylation is 1. The lowest BCUT2D eigenvalue weighted by Gasteiger charge is -2.43. The zero-order valence-corrected chi connectivity index (χ0v) is 13.3. The van der Waals surface area contributed by atoms with Gasteiger partial charge in [0.2, 0.25) is 5.91 Å². The summed E-state index contributed by atoms with van der Waals surface area (Å²) < 4.78 is 7.72. The lowest BCUT2D eigenvalue weighted by molar-refractivity contribution is -0.148. The van der Waals surface area contributed by atoms with Gasteiger partial charge in [-0.05, 0) is 25.3 Å². The minimum Gasteiger partial charge on any atom is -0.374 e. The summed E-state index contributed by atoms with van der Waals surface area (Å²) >= 11 is 0. The molecule has 22 heavy (non-hydrogen) atoms. The van der Waals surface area contributed by atoms with Crippen molar-refractivity contribution < 1.29 is 9.53 Å². The van der Waals surface area contributed by atoms with Crippen molar-refractivity contribution in [2.75, 3.05) is 26.2 Å². The number of amides is 1. The van der Waals surface area contributed by atoms with Gasteiger partial charge in [0.25, 0.3) is 0 Å². The van der Waals surface area contributed by atoms with Crippen molar-refractivity contribution in [2.45, 2.75) is 51.3 Å². The average Bonchev–Trinajstić information content (AvgIpc) is 2.96. The SMILES string of the molecule is Cc1cnn(CCNCC(=O)N2CCO[C@H]3CCCC[C@H]32)c1. The van der Waals surface area contributed by atoms with Crippen LogP contribution < -0.4 is 5.32 Å². The van der Waals surface area contributed by atoms with Crippen LogP contribution in [0, 0.1) is 6.92 Å². The summed E-state index contributed by atoms with van der Waals surface area (Å²) in [5, 5.41) is 7.48. The van der Waals surface area contributed by atoms with E-state index >= 15 is 0 Å². The molecule has 6 nitrogen and oxygen atoms in total. The molecule has 122 valence electrons. The molecule has 1 aromatic heterocycles. The van der Waals surface area contributed by atoms with Crippen molar-refractivity contribution in [2.24, 2.45) is 0 Å². The number of ether oxygens (including phenoxy) is 1. The number of nitrogens with one attached hydrogen (secondary N) is 1. The Morgan fingerprint density at radius 2 is 2.32 bits per heavy atom. The number of aromatic nitrogens is 2. The largest absolute Gasteiger partial charge is 0.374 e. The van der Waals surface area contributed by atoms with Gasteiger partial charge in [-0.15, -0.1) is 0 Å². The number of hydrogen-bond acceptors (Lipinski definition) is 4. The molecule has 2 atom stereocenters. The molecule has 0 unspecified atom stereocenters. The number of rotatable bonds is 5. The minimum atomic E-state index is 0.205. The highest BCUT2D eigenvalue weighted by Gasteiger charge is 2.36. The molecule has 2 aliphatic rings. The van der Waals surface area contributed by atoms with Gasteiger partial charge >= 0.3 is 0 Å². The van der Waals surface area contributed by atoms with E-state index < -0.39 is 0 Å². The lowest BCUT2D eigenvalue weighted by Crippen LogP contribution is -2.56. The van der Waals surface area contributed by atoms with E-state index in [0.717, 1.165) is 38.0 Å². The van der Waals surface area contributed by atoms with E-state index in [1.165, 1.54) is 12.8 Å². The maximum absolute atomic E-state index is 12.5. The smallest absolute Gasteiger partial charge is 0.236 e. The number of hydrogen-bond donors (Lipinski definition) is 1. The van der Waals surface area contributed by atoms with Crippen molar-refractivity contribution in [1.82, 2.24) is 20.0 Å². The zero-order chi connectivity index (χ0) is 15.4. The molecule has 6 heteroatoms. The molecule has 1 saturated heterocycles. The van der Waals surface area contributed by atoms with Crippen LogP contribution in [0.15, 0.2) is 12.4 Å². The van der Waals surface area contributed by atoms with E-state index in [0.29, 0.717) is 19.2 Å². The predicted molar refractivity (Wildman–Crippen MR) is 83.5 cm³/mol. The van der Waals surface area contributed by atoms with E-state index in [2.05, 4.69) is 10.4 Å². The Morgan fingerprint density at radius 3 is 3.14 bits per heavy atom. The first-order valence-corrected chi connectivity index (χ1v) is 8.35. The fraction of sp³-hybridized carbons (Fsp3) is 0.750. The van der Waals surface area contributed by atoms with Crippen LogP contribution in [0.25, 0.3) is 0 Å². The Balaban J connectivity index is 1.43. The third-order valence-corrected chi connectivity index (χ3v) is 4.61. The fourth-order valence-electron chi connectivity index (χ4n) is 3.49. The van der Waals surface area contributed by atoms with Gasteiger partial charge in [0, 0.05) is 19.3 Å². The maximum Gasteiger partial charge on any atom is 0.236 e. The molecule has 0 radical (unpaired) electrons. The minimum absolute atomic E-state index is 0.205. The van der Waals surface area contributed by atoms with Crippen LogP contribution in [-0.4, -0.2) is 59.0 Å². The Bertz CT molecular complexity index is 500. The molecular formula is C16H26N4O2. The van der Waals surface area contributed by atoms with Gasteiger partial charge in [0.05, 0.1) is 38.0 Å². The van der Waals surface area contributed by atoms with Gasteiger partial charge in [-0.3, -0.25) is 9.48 Å². The molecule has 0 spiro atoms. The van der Waals surface area contributed by atoms with Gasteiger partial charge in [0.1, 0.15) is 0 Å². The second-order valence-corrected chi connectivity index (χ2v) is 6.31. The van der Waals surface area contributed by atoms with Crippen molar-refractivity contribution in [3.05, 3.63) is 18.0 Å². The summed E-state index contributed by atoms with van der Waals surface area (Å²) in [7, 11) is 0. The van der Waals surface area contributed by atoms with Crippen LogP contribution in [0.4, 0.5) is 0 Å². The lowest BCUT2D eigenvalue weighted by atomic mass is 9.90. The van der Waals surface area contributed by atoms with Gasteiger partial charge in [0.15, 0.2) is 0 Å². The number of morpholine rings is 1. The molecular weight excluding hydrogens is 280 g/mol. The van der Waals surface area contributed by atoms with Crippen LogP contribution in [0.5, 0.6) is 0 Å². The molecule has 1 amide bonds. The first-order valence-electron chi connectivity index (χ1n) is 8.35. The summed E-state index contributed by atoms with van der Waals surface area (Å²) in [4.78, 5) is 14.5. The summed E-state index contributed by atoms with van der Waals surface area (Å²) in [6, 6.07) is 0.297. The molecule has 0 aromatic carbocycles. The molecule has 1 aliphatic carbocycles. The van der Waals surface area contributed by atoms with E-state index in [4.69, 9.17) is 4.74 Å². The van der Waals surface area contributed by atoms with Gasteiger partial charge in [-0.1, -0.05) is 12.8 Å². The highest BCUT2D eigenvalue weighted by atomic mass is 16.5. The standard InChI is InChI=1S/C16H26N4O2/c1-13-10-18-19(12-13)7-6-17-11-16(21)20-8-9-22-15-5-3-2-4-14(15)20/h10,12,14-15,17H,2-9,11H2,1H3/t14-,15+/m1/s1. The van der Waals surface area contributed by atoms with Crippen molar-refractivity contribution in [3.63, 3.8) is 0 Å². The Labute approximate surface area is 131 Å². The van der Waals surface area contributed by atoms with E-state index in [1.807, 2.05) is 28.9 Å². The highest BCUT2D eigenvalue weighted by Crippen LogP contribution is 2.28. The second kappa shape index (κ2) is 7.24. The molecule has 2 fully saturated rings. The number of nitrogens with zero attached hydrogens (tertiary/aromatic N) is 3. The van der Waals surface area contributed by atoms with Crippen LogP contribution >= 0.6 is 0 Å². The van der Waals surface area contributed by atoms with Crippen LogP contribution in [-0.2, 0) is 16.1 Å². The fourth-order valence-corrected chi connectivity index (χ4v) is 3.49. The molecule has 0 bridgehead atoms. The monoisotopic (exact) mass is 306 g/mol. The number of carbonyl (C=O) groups is 1. The number of carbonyl (C=O) groups excluding carboxylic acids is 1. The third-order valence-electron chi connectivity index (χ3n) is 4.61. The van der Waals surface area contributed by atoms with Crippen LogP contribution in [0.2, 0.25) is 0 Å². The average molecular weight is 306 g/mol. The second-order valence-electron chi connectivity index (χ2n) is 6.31.